The molecule has 1 aliphatic heterocycles. The van der Waals surface area contributed by atoms with Crippen LogP contribution in [-0.4, -0.2) is 40.6 Å². The van der Waals surface area contributed by atoms with Crippen molar-refractivity contribution < 1.29 is 19.1 Å². The van der Waals surface area contributed by atoms with Crippen LogP contribution in [0, 0.1) is 11.3 Å². The molecule has 0 bridgehead atoms. The third-order valence-electron chi connectivity index (χ3n) is 3.58. The quantitative estimate of drug-likeness (QED) is 0.805. The number of amides is 1. The van der Waals surface area contributed by atoms with Crippen molar-refractivity contribution in [3.05, 3.63) is 0 Å². The SMILES string of the molecule is CC(C(=O)N1CCC(F)(C(=O)O)C1)C(C)(C)C. The first-order valence-corrected chi connectivity index (χ1v) is 5.79. The van der Waals surface area contributed by atoms with Gasteiger partial charge in [0, 0.05) is 18.9 Å². The van der Waals surface area contributed by atoms with Gasteiger partial charge in [0.2, 0.25) is 11.6 Å². The van der Waals surface area contributed by atoms with Crippen LogP contribution in [0.25, 0.3) is 0 Å². The van der Waals surface area contributed by atoms with Crippen molar-refractivity contribution in [2.75, 3.05) is 13.1 Å². The molecule has 4 nitrogen and oxygen atoms in total. The van der Waals surface area contributed by atoms with Gasteiger partial charge in [-0.25, -0.2) is 9.18 Å². The second kappa shape index (κ2) is 4.27. The summed E-state index contributed by atoms with van der Waals surface area (Å²) in [6.07, 6.45) is -0.120. The molecule has 98 valence electrons. The lowest BCUT2D eigenvalue weighted by Gasteiger charge is -2.30. The van der Waals surface area contributed by atoms with E-state index in [2.05, 4.69) is 0 Å². The predicted molar refractivity (Wildman–Crippen MR) is 61.3 cm³/mol. The molecule has 1 aliphatic rings. The van der Waals surface area contributed by atoms with E-state index in [0.717, 1.165) is 0 Å². The fraction of sp³-hybridized carbons (Fsp3) is 0.833. The number of carboxylic acid groups (broad SMARTS) is 1. The first-order chi connectivity index (χ1) is 7.58. The van der Waals surface area contributed by atoms with Gasteiger partial charge in [0.1, 0.15) is 0 Å². The molecular formula is C12H20FNO3. The van der Waals surface area contributed by atoms with Gasteiger partial charge < -0.3 is 10.0 Å². The van der Waals surface area contributed by atoms with Crippen LogP contribution in [-0.2, 0) is 9.59 Å². The smallest absolute Gasteiger partial charge is 0.343 e. The summed E-state index contributed by atoms with van der Waals surface area (Å²) in [5, 5.41) is 8.76. The molecule has 0 aromatic heterocycles. The Hall–Kier alpha value is -1.13. The fourth-order valence-corrected chi connectivity index (χ4v) is 1.78. The Morgan fingerprint density at radius 1 is 1.41 bits per heavy atom. The molecule has 2 unspecified atom stereocenters. The first kappa shape index (κ1) is 13.9. The number of hydrogen-bond donors (Lipinski definition) is 1. The van der Waals surface area contributed by atoms with E-state index in [1.807, 2.05) is 20.8 Å². The van der Waals surface area contributed by atoms with Crippen molar-refractivity contribution in [1.82, 2.24) is 4.90 Å². The zero-order valence-corrected chi connectivity index (χ0v) is 10.8. The van der Waals surface area contributed by atoms with Gasteiger partial charge in [-0.1, -0.05) is 27.7 Å². The standard InChI is InChI=1S/C12H20FNO3/c1-8(11(2,3)4)9(15)14-6-5-12(13,7-14)10(16)17/h8H,5-7H2,1-4H3,(H,16,17). The van der Waals surface area contributed by atoms with Crippen LogP contribution in [0.2, 0.25) is 0 Å². The average molecular weight is 245 g/mol. The normalized spacial score (nSPS) is 27.0. The Balaban J connectivity index is 2.73. The number of aliphatic carboxylic acids is 1. The summed E-state index contributed by atoms with van der Waals surface area (Å²) in [4.78, 5) is 24.1. The number of carbonyl (C=O) groups excluding carboxylic acids is 1. The zero-order chi connectivity index (χ0) is 13.4. The molecule has 0 spiro atoms. The third kappa shape index (κ3) is 2.76. The Morgan fingerprint density at radius 2 is 1.94 bits per heavy atom. The van der Waals surface area contributed by atoms with Crippen LogP contribution in [0.1, 0.15) is 34.1 Å². The van der Waals surface area contributed by atoms with E-state index in [-0.39, 0.29) is 36.8 Å². The highest BCUT2D eigenvalue weighted by molar-refractivity contribution is 5.83. The van der Waals surface area contributed by atoms with Crippen molar-refractivity contribution in [2.24, 2.45) is 11.3 Å². The van der Waals surface area contributed by atoms with Gasteiger partial charge in [-0.15, -0.1) is 0 Å². The number of carboxylic acids is 1. The summed E-state index contributed by atoms with van der Waals surface area (Å²) in [6, 6.07) is 0. The van der Waals surface area contributed by atoms with E-state index in [0.29, 0.717) is 0 Å². The van der Waals surface area contributed by atoms with Crippen LogP contribution in [0.15, 0.2) is 0 Å². The number of halogens is 1. The molecule has 1 N–H and O–H groups in total. The Morgan fingerprint density at radius 3 is 2.29 bits per heavy atom. The minimum Gasteiger partial charge on any atom is -0.479 e. The number of likely N-dealkylation sites (tertiary alicyclic amines) is 1. The van der Waals surface area contributed by atoms with Gasteiger partial charge in [-0.05, 0) is 5.41 Å². The van der Waals surface area contributed by atoms with Crippen molar-refractivity contribution in [3.8, 4) is 0 Å². The minimum atomic E-state index is -2.27. The van der Waals surface area contributed by atoms with E-state index in [9.17, 15) is 14.0 Å². The molecule has 1 fully saturated rings. The third-order valence-corrected chi connectivity index (χ3v) is 3.58. The molecule has 1 saturated heterocycles. The van der Waals surface area contributed by atoms with Crippen LogP contribution in [0.3, 0.4) is 0 Å². The van der Waals surface area contributed by atoms with Gasteiger partial charge in [0.15, 0.2) is 0 Å². The lowest BCUT2D eigenvalue weighted by molar-refractivity contribution is -0.150. The van der Waals surface area contributed by atoms with E-state index in [4.69, 9.17) is 5.11 Å². The molecule has 0 aromatic rings. The lowest BCUT2D eigenvalue weighted by atomic mass is 9.81. The maximum atomic E-state index is 13.8. The van der Waals surface area contributed by atoms with E-state index < -0.39 is 11.6 Å². The van der Waals surface area contributed by atoms with Crippen LogP contribution < -0.4 is 0 Å². The second-order valence-corrected chi connectivity index (χ2v) is 5.87. The molecule has 5 heteroatoms. The summed E-state index contributed by atoms with van der Waals surface area (Å²) in [5.41, 5.74) is -2.48. The molecular weight excluding hydrogens is 225 g/mol. The van der Waals surface area contributed by atoms with E-state index in [1.54, 1.807) is 6.92 Å². The fourth-order valence-electron chi connectivity index (χ4n) is 1.78. The van der Waals surface area contributed by atoms with Crippen LogP contribution in [0.4, 0.5) is 4.39 Å². The number of carbonyl (C=O) groups is 2. The van der Waals surface area contributed by atoms with E-state index >= 15 is 0 Å². The number of hydrogen-bond acceptors (Lipinski definition) is 2. The summed E-state index contributed by atoms with van der Waals surface area (Å²) in [7, 11) is 0. The largest absolute Gasteiger partial charge is 0.479 e. The van der Waals surface area contributed by atoms with Crippen LogP contribution in [0.5, 0.6) is 0 Å². The number of rotatable bonds is 2. The molecule has 1 amide bonds. The molecule has 2 atom stereocenters. The highest BCUT2D eigenvalue weighted by Crippen LogP contribution is 2.31. The average Bonchev–Trinajstić information content (AvgIpc) is 2.59. The minimum absolute atomic E-state index is 0.120. The monoisotopic (exact) mass is 245 g/mol. The molecule has 1 rings (SSSR count). The summed E-state index contributed by atoms with van der Waals surface area (Å²) in [5.74, 6) is -1.90. The molecule has 0 radical (unpaired) electrons. The van der Waals surface area contributed by atoms with Gasteiger partial charge >= 0.3 is 5.97 Å². The Kier molecular flexibility index (Phi) is 3.50. The molecule has 0 saturated carbocycles. The highest BCUT2D eigenvalue weighted by atomic mass is 19.1. The zero-order valence-electron chi connectivity index (χ0n) is 10.8. The first-order valence-electron chi connectivity index (χ1n) is 5.79. The van der Waals surface area contributed by atoms with E-state index in [1.165, 1.54) is 4.90 Å². The molecule has 0 aromatic carbocycles. The topological polar surface area (TPSA) is 57.6 Å². The molecule has 17 heavy (non-hydrogen) atoms. The molecule has 1 heterocycles. The number of nitrogens with zero attached hydrogens (tertiary/aromatic N) is 1. The maximum absolute atomic E-state index is 13.8. The summed E-state index contributed by atoms with van der Waals surface area (Å²) < 4.78 is 13.8. The Labute approximate surface area is 101 Å². The van der Waals surface area contributed by atoms with Gasteiger partial charge in [0.25, 0.3) is 0 Å². The van der Waals surface area contributed by atoms with Gasteiger partial charge in [0.05, 0.1) is 6.54 Å². The van der Waals surface area contributed by atoms with Crippen molar-refractivity contribution in [2.45, 2.75) is 39.8 Å². The van der Waals surface area contributed by atoms with Gasteiger partial charge in [-0.2, -0.15) is 0 Å². The molecule has 0 aliphatic carbocycles. The summed E-state index contributed by atoms with van der Waals surface area (Å²) >= 11 is 0. The van der Waals surface area contributed by atoms with Crippen molar-refractivity contribution >= 4 is 11.9 Å². The lowest BCUT2D eigenvalue weighted by Crippen LogP contribution is -2.42. The maximum Gasteiger partial charge on any atom is 0.343 e. The predicted octanol–water partition coefficient (Wildman–Crippen LogP) is 1.69. The Bertz CT molecular complexity index is 337. The van der Waals surface area contributed by atoms with Gasteiger partial charge in [-0.3, -0.25) is 4.79 Å². The van der Waals surface area contributed by atoms with Crippen LogP contribution >= 0.6 is 0 Å². The van der Waals surface area contributed by atoms with Crippen molar-refractivity contribution in [1.29, 1.82) is 0 Å². The highest BCUT2D eigenvalue weighted by Gasteiger charge is 2.48. The number of alkyl halides is 1. The summed E-state index contributed by atoms with van der Waals surface area (Å²) in [6.45, 7) is 7.45. The second-order valence-electron chi connectivity index (χ2n) is 5.87. The van der Waals surface area contributed by atoms with Crippen molar-refractivity contribution in [3.63, 3.8) is 0 Å².